The van der Waals surface area contributed by atoms with Crippen LogP contribution in [0.5, 0.6) is 0 Å². The molecule has 0 radical (unpaired) electrons. The number of hydrogen-bond acceptors (Lipinski definition) is 2. The van der Waals surface area contributed by atoms with E-state index in [9.17, 15) is 9.18 Å². The minimum Gasteiger partial charge on any atom is -0.342 e. The van der Waals surface area contributed by atoms with E-state index < -0.39 is 0 Å². The number of hydrogen-bond donors (Lipinski definition) is 1. The van der Waals surface area contributed by atoms with Crippen molar-refractivity contribution >= 4 is 5.91 Å². The lowest BCUT2D eigenvalue weighted by molar-refractivity contribution is -0.134. The van der Waals surface area contributed by atoms with Gasteiger partial charge in [0.2, 0.25) is 5.91 Å². The average Bonchev–Trinajstić information content (AvgIpc) is 2.94. The number of amides is 1. The fourth-order valence-corrected chi connectivity index (χ4v) is 2.73. The largest absolute Gasteiger partial charge is 0.342 e. The van der Waals surface area contributed by atoms with Crippen molar-refractivity contribution in [1.82, 2.24) is 4.90 Å². The molecule has 0 bridgehead atoms. The first kappa shape index (κ1) is 15.0. The van der Waals surface area contributed by atoms with Crippen LogP contribution in [0.15, 0.2) is 24.3 Å². The van der Waals surface area contributed by atoms with Gasteiger partial charge in [0.25, 0.3) is 0 Å². The first-order valence-electron chi connectivity index (χ1n) is 7.34. The molecule has 1 amide bonds. The molecule has 3 nitrogen and oxygen atoms in total. The number of nitrogens with zero attached hydrogens (tertiary/aromatic N) is 1. The Morgan fingerprint density at radius 1 is 1.50 bits per heavy atom. The molecule has 0 saturated carbocycles. The van der Waals surface area contributed by atoms with E-state index in [1.165, 1.54) is 6.07 Å². The van der Waals surface area contributed by atoms with Gasteiger partial charge in [-0.05, 0) is 43.4 Å². The molecule has 2 N–H and O–H groups in total. The Morgan fingerprint density at radius 3 is 2.90 bits per heavy atom. The highest BCUT2D eigenvalue weighted by atomic mass is 19.1. The van der Waals surface area contributed by atoms with Gasteiger partial charge in [0, 0.05) is 19.0 Å². The van der Waals surface area contributed by atoms with Crippen molar-refractivity contribution in [3.8, 4) is 0 Å². The normalized spacial score (nSPS) is 20.1. The van der Waals surface area contributed by atoms with Crippen molar-refractivity contribution < 1.29 is 9.18 Å². The monoisotopic (exact) mass is 278 g/mol. The Labute approximate surface area is 120 Å². The van der Waals surface area contributed by atoms with E-state index in [-0.39, 0.29) is 17.6 Å². The molecule has 0 aliphatic carbocycles. The van der Waals surface area contributed by atoms with Gasteiger partial charge in [0.15, 0.2) is 0 Å². The summed E-state index contributed by atoms with van der Waals surface area (Å²) in [5, 5.41) is 0. The van der Waals surface area contributed by atoms with Gasteiger partial charge in [-0.25, -0.2) is 4.39 Å². The predicted molar refractivity (Wildman–Crippen MR) is 77.6 cm³/mol. The molecular weight excluding hydrogens is 255 g/mol. The fourth-order valence-electron chi connectivity index (χ4n) is 2.73. The molecule has 0 unspecified atom stereocenters. The molecule has 1 aromatic rings. The summed E-state index contributed by atoms with van der Waals surface area (Å²) in [7, 11) is 0. The van der Waals surface area contributed by atoms with Crippen LogP contribution >= 0.6 is 0 Å². The summed E-state index contributed by atoms with van der Waals surface area (Å²) in [5.74, 6) is 0.373. The van der Waals surface area contributed by atoms with Gasteiger partial charge in [0.05, 0.1) is 0 Å². The van der Waals surface area contributed by atoms with Gasteiger partial charge in [0.1, 0.15) is 5.82 Å². The molecule has 2 atom stereocenters. The van der Waals surface area contributed by atoms with Crippen molar-refractivity contribution in [2.24, 2.45) is 17.6 Å². The van der Waals surface area contributed by atoms with Crippen LogP contribution in [0.4, 0.5) is 4.39 Å². The second-order valence-corrected chi connectivity index (χ2v) is 5.71. The molecule has 1 heterocycles. The fraction of sp³-hybridized carbons (Fsp3) is 0.562. The number of carbonyl (C=O) groups is 1. The second-order valence-electron chi connectivity index (χ2n) is 5.71. The van der Waals surface area contributed by atoms with Crippen molar-refractivity contribution in [2.75, 3.05) is 19.6 Å². The molecule has 0 spiro atoms. The van der Waals surface area contributed by atoms with Crippen LogP contribution in [0.25, 0.3) is 0 Å². The molecule has 110 valence electrons. The third-order valence-corrected chi connectivity index (χ3v) is 4.16. The Kier molecular flexibility index (Phi) is 5.12. The third kappa shape index (κ3) is 3.57. The summed E-state index contributed by atoms with van der Waals surface area (Å²) in [4.78, 5) is 14.2. The van der Waals surface area contributed by atoms with Gasteiger partial charge >= 0.3 is 0 Å². The summed E-state index contributed by atoms with van der Waals surface area (Å²) < 4.78 is 13.5. The molecule has 20 heavy (non-hydrogen) atoms. The Bertz CT molecular complexity index is 464. The number of benzene rings is 1. The van der Waals surface area contributed by atoms with Crippen LogP contribution in [-0.2, 0) is 11.2 Å². The van der Waals surface area contributed by atoms with Gasteiger partial charge in [-0.1, -0.05) is 25.1 Å². The van der Waals surface area contributed by atoms with Gasteiger partial charge < -0.3 is 10.6 Å². The predicted octanol–water partition coefficient (Wildman–Crippen LogP) is 2.20. The van der Waals surface area contributed by atoms with Crippen molar-refractivity contribution in [2.45, 2.75) is 26.2 Å². The van der Waals surface area contributed by atoms with Crippen molar-refractivity contribution in [1.29, 1.82) is 0 Å². The first-order valence-corrected chi connectivity index (χ1v) is 7.34. The summed E-state index contributed by atoms with van der Waals surface area (Å²) >= 11 is 0. The van der Waals surface area contributed by atoms with Crippen LogP contribution in [-0.4, -0.2) is 30.4 Å². The van der Waals surface area contributed by atoms with Crippen LogP contribution in [0.1, 0.15) is 25.3 Å². The zero-order chi connectivity index (χ0) is 14.5. The van der Waals surface area contributed by atoms with Gasteiger partial charge in [-0.15, -0.1) is 0 Å². The first-order chi connectivity index (χ1) is 9.61. The number of likely N-dealkylation sites (tertiary alicyclic amines) is 1. The summed E-state index contributed by atoms with van der Waals surface area (Å²) in [6.07, 6.45) is 2.29. The maximum Gasteiger partial charge on any atom is 0.225 e. The van der Waals surface area contributed by atoms with Crippen LogP contribution in [0, 0.1) is 17.7 Å². The number of carbonyl (C=O) groups excluding carboxylic acids is 1. The molecule has 1 aliphatic rings. The highest BCUT2D eigenvalue weighted by molar-refractivity contribution is 5.78. The van der Waals surface area contributed by atoms with Gasteiger partial charge in [-0.3, -0.25) is 4.79 Å². The quantitative estimate of drug-likeness (QED) is 0.897. The standard InChI is InChI=1S/C16H23FN2O/c1-12(6-7-14-4-2-3-5-15(14)17)16(20)19-9-8-13(10-18)11-19/h2-5,12-13H,6-11,18H2,1H3/t12-,13+/m0/s1. The highest BCUT2D eigenvalue weighted by Gasteiger charge is 2.28. The topological polar surface area (TPSA) is 46.3 Å². The molecule has 2 rings (SSSR count). The molecule has 0 aromatic heterocycles. The molecule has 1 aromatic carbocycles. The summed E-state index contributed by atoms with van der Waals surface area (Å²) in [6.45, 7) is 4.16. The molecule has 4 heteroatoms. The minimum absolute atomic E-state index is 0.0638. The van der Waals surface area contributed by atoms with E-state index in [1.54, 1.807) is 12.1 Å². The summed E-state index contributed by atoms with van der Waals surface area (Å²) in [6, 6.07) is 6.77. The van der Waals surface area contributed by atoms with E-state index >= 15 is 0 Å². The van der Waals surface area contributed by atoms with E-state index in [1.807, 2.05) is 17.9 Å². The lowest BCUT2D eigenvalue weighted by Crippen LogP contribution is -2.34. The number of aryl methyl sites for hydroxylation is 1. The Hall–Kier alpha value is -1.42. The van der Waals surface area contributed by atoms with Crippen LogP contribution in [0.2, 0.25) is 0 Å². The highest BCUT2D eigenvalue weighted by Crippen LogP contribution is 2.20. The smallest absolute Gasteiger partial charge is 0.225 e. The lowest BCUT2D eigenvalue weighted by Gasteiger charge is -2.21. The average molecular weight is 278 g/mol. The SMILES string of the molecule is C[C@@H](CCc1ccccc1F)C(=O)N1CC[C@H](CN)C1. The second kappa shape index (κ2) is 6.84. The number of nitrogens with two attached hydrogens (primary N) is 1. The molecule has 1 aliphatic heterocycles. The lowest BCUT2D eigenvalue weighted by atomic mass is 9.99. The van der Waals surface area contributed by atoms with E-state index in [0.29, 0.717) is 30.9 Å². The molecular formula is C16H23FN2O. The number of rotatable bonds is 5. The minimum atomic E-state index is -0.184. The van der Waals surface area contributed by atoms with Crippen LogP contribution in [0.3, 0.4) is 0 Å². The maximum absolute atomic E-state index is 13.5. The summed E-state index contributed by atoms with van der Waals surface area (Å²) in [5.41, 5.74) is 6.33. The van der Waals surface area contributed by atoms with Gasteiger partial charge in [-0.2, -0.15) is 0 Å². The molecule has 1 saturated heterocycles. The zero-order valence-corrected chi connectivity index (χ0v) is 12.0. The number of halogens is 1. The third-order valence-electron chi connectivity index (χ3n) is 4.16. The van der Waals surface area contributed by atoms with E-state index in [2.05, 4.69) is 0 Å². The van der Waals surface area contributed by atoms with E-state index in [0.717, 1.165) is 19.5 Å². The Morgan fingerprint density at radius 2 is 2.25 bits per heavy atom. The zero-order valence-electron chi connectivity index (χ0n) is 12.0. The Balaban J connectivity index is 1.84. The van der Waals surface area contributed by atoms with Crippen molar-refractivity contribution in [3.63, 3.8) is 0 Å². The van der Waals surface area contributed by atoms with Crippen molar-refractivity contribution in [3.05, 3.63) is 35.6 Å². The maximum atomic E-state index is 13.5. The van der Waals surface area contributed by atoms with Crippen LogP contribution < -0.4 is 5.73 Å². The van der Waals surface area contributed by atoms with E-state index in [4.69, 9.17) is 5.73 Å². The molecule has 1 fully saturated rings.